The van der Waals surface area contributed by atoms with Crippen LogP contribution < -0.4 is 0 Å². The molecule has 1 saturated heterocycles. The Morgan fingerprint density at radius 3 is 1.13 bits per heavy atom. The Kier molecular flexibility index (Phi) is 9.96. The van der Waals surface area contributed by atoms with E-state index in [0.29, 0.717) is 0 Å². The van der Waals surface area contributed by atoms with E-state index < -0.39 is 0 Å². The van der Waals surface area contributed by atoms with Crippen LogP contribution >= 0.6 is 69.6 Å². The summed E-state index contributed by atoms with van der Waals surface area (Å²) < 4.78 is 4.59. The second-order valence-corrected chi connectivity index (χ2v) is 5.12. The average Bonchev–Trinajstić information content (AvgIpc) is 2.73. The van der Waals surface area contributed by atoms with Crippen molar-refractivity contribution in [3.05, 3.63) is 19.0 Å². The molecule has 1 fully saturated rings. The smallest absolute Gasteiger partial charge is 0.127 e. The van der Waals surface area contributed by atoms with Gasteiger partial charge in [0.05, 0.1) is 10.1 Å². The van der Waals surface area contributed by atoms with Gasteiger partial charge < -0.3 is 4.74 Å². The van der Waals surface area contributed by atoms with Gasteiger partial charge in [0.25, 0.3) is 0 Å². The summed E-state index contributed by atoms with van der Waals surface area (Å²) in [5, 5.41) is -0.130. The molecule has 15 heavy (non-hydrogen) atoms. The zero-order valence-electron chi connectivity index (χ0n) is 7.50. The first-order chi connectivity index (χ1) is 6.96. The number of halogens is 6. The van der Waals surface area contributed by atoms with Crippen LogP contribution in [0.5, 0.6) is 0 Å². The SMILES string of the molecule is C1CCOC1.ClC(Cl)=C(Cl)C(Cl)=C(Cl)Cl. The Morgan fingerprint density at radius 1 is 0.667 bits per heavy atom. The zero-order chi connectivity index (χ0) is 11.8. The van der Waals surface area contributed by atoms with E-state index in [1.54, 1.807) is 0 Å². The highest BCUT2D eigenvalue weighted by molar-refractivity contribution is 6.65. The molecule has 0 spiro atoms. The first-order valence-corrected chi connectivity index (χ1v) is 6.23. The largest absolute Gasteiger partial charge is 0.381 e. The lowest BCUT2D eigenvalue weighted by Gasteiger charge is -1.94. The van der Waals surface area contributed by atoms with Crippen molar-refractivity contribution in [2.75, 3.05) is 13.2 Å². The van der Waals surface area contributed by atoms with E-state index in [2.05, 4.69) is 0 Å². The minimum atomic E-state index is -0.175. The Balaban J connectivity index is 0.000000322. The quantitative estimate of drug-likeness (QED) is 0.572. The van der Waals surface area contributed by atoms with Gasteiger partial charge in [-0.05, 0) is 12.8 Å². The Morgan fingerprint density at radius 2 is 1.00 bits per heavy atom. The Labute approximate surface area is 119 Å². The van der Waals surface area contributed by atoms with Crippen molar-refractivity contribution in [1.29, 1.82) is 0 Å². The highest BCUT2D eigenvalue weighted by Gasteiger charge is 2.07. The monoisotopic (exact) mass is 330 g/mol. The molecular formula is C8H8Cl6O. The lowest BCUT2D eigenvalue weighted by molar-refractivity contribution is 0.198. The maximum Gasteiger partial charge on any atom is 0.127 e. The van der Waals surface area contributed by atoms with E-state index >= 15 is 0 Å². The molecule has 0 atom stereocenters. The summed E-state index contributed by atoms with van der Waals surface area (Å²) in [6.45, 7) is 2.00. The van der Waals surface area contributed by atoms with Gasteiger partial charge in [-0.25, -0.2) is 0 Å². The Bertz CT molecular complexity index is 218. The second-order valence-electron chi connectivity index (χ2n) is 2.47. The van der Waals surface area contributed by atoms with Crippen LogP contribution in [-0.4, -0.2) is 13.2 Å². The Hall–Kier alpha value is 1.18. The molecule has 0 radical (unpaired) electrons. The van der Waals surface area contributed by atoms with Gasteiger partial charge in [-0.15, -0.1) is 0 Å². The molecule has 0 amide bonds. The van der Waals surface area contributed by atoms with Gasteiger partial charge in [0.1, 0.15) is 8.98 Å². The van der Waals surface area contributed by atoms with Gasteiger partial charge in [0, 0.05) is 13.2 Å². The molecule has 1 heterocycles. The minimum Gasteiger partial charge on any atom is -0.381 e. The van der Waals surface area contributed by atoms with Crippen LogP contribution in [0.2, 0.25) is 0 Å². The summed E-state index contributed by atoms with van der Waals surface area (Å²) >= 11 is 31.8. The fourth-order valence-corrected chi connectivity index (χ4v) is 1.44. The van der Waals surface area contributed by atoms with Crippen LogP contribution in [0, 0.1) is 0 Å². The number of hydrogen-bond donors (Lipinski definition) is 0. The molecule has 7 heteroatoms. The van der Waals surface area contributed by atoms with Crippen molar-refractivity contribution in [3.63, 3.8) is 0 Å². The van der Waals surface area contributed by atoms with Crippen molar-refractivity contribution >= 4 is 69.6 Å². The normalized spacial score (nSPS) is 14.0. The summed E-state index contributed by atoms with van der Waals surface area (Å²) in [6, 6.07) is 0. The molecule has 88 valence electrons. The van der Waals surface area contributed by atoms with Gasteiger partial charge in [-0.2, -0.15) is 0 Å². The molecule has 0 aromatic rings. The summed E-state index contributed by atoms with van der Waals surface area (Å²) in [5.41, 5.74) is 0. The third-order valence-electron chi connectivity index (χ3n) is 1.35. The first-order valence-electron chi connectivity index (χ1n) is 3.96. The molecule has 1 aliphatic heterocycles. The average molecular weight is 333 g/mol. The van der Waals surface area contributed by atoms with E-state index in [1.807, 2.05) is 0 Å². The number of rotatable bonds is 1. The summed E-state index contributed by atoms with van der Waals surface area (Å²) in [4.78, 5) is 0. The zero-order valence-corrected chi connectivity index (χ0v) is 12.0. The molecule has 0 aromatic heterocycles. The third kappa shape index (κ3) is 7.98. The van der Waals surface area contributed by atoms with Crippen molar-refractivity contribution in [1.82, 2.24) is 0 Å². The number of ether oxygens (including phenoxy) is 1. The predicted molar refractivity (Wildman–Crippen MR) is 69.2 cm³/mol. The van der Waals surface area contributed by atoms with Crippen LogP contribution in [0.1, 0.15) is 12.8 Å². The highest BCUT2D eigenvalue weighted by atomic mass is 35.5. The molecular weight excluding hydrogens is 325 g/mol. The van der Waals surface area contributed by atoms with Gasteiger partial charge in [-0.3, -0.25) is 0 Å². The summed E-state index contributed by atoms with van der Waals surface area (Å²) in [6.07, 6.45) is 2.56. The van der Waals surface area contributed by atoms with E-state index in [-0.39, 0.29) is 19.0 Å². The van der Waals surface area contributed by atoms with Gasteiger partial charge >= 0.3 is 0 Å². The number of allylic oxidation sites excluding steroid dienone is 2. The van der Waals surface area contributed by atoms with Crippen LogP contribution in [0.4, 0.5) is 0 Å². The lowest BCUT2D eigenvalue weighted by Crippen LogP contribution is -1.74. The molecule has 1 nitrogen and oxygen atoms in total. The third-order valence-corrected chi connectivity index (χ3v) is 3.35. The van der Waals surface area contributed by atoms with E-state index in [9.17, 15) is 0 Å². The number of hydrogen-bond acceptors (Lipinski definition) is 1. The predicted octanol–water partition coefficient (Wildman–Crippen LogP) is 5.55. The van der Waals surface area contributed by atoms with E-state index in [4.69, 9.17) is 74.3 Å². The van der Waals surface area contributed by atoms with Crippen LogP contribution in [0.25, 0.3) is 0 Å². The second kappa shape index (κ2) is 9.23. The van der Waals surface area contributed by atoms with Crippen LogP contribution in [0.15, 0.2) is 19.0 Å². The molecule has 0 aromatic carbocycles. The van der Waals surface area contributed by atoms with Crippen molar-refractivity contribution in [3.8, 4) is 0 Å². The van der Waals surface area contributed by atoms with Crippen molar-refractivity contribution in [2.24, 2.45) is 0 Å². The molecule has 1 aliphatic rings. The van der Waals surface area contributed by atoms with E-state index in [0.717, 1.165) is 13.2 Å². The van der Waals surface area contributed by atoms with Crippen molar-refractivity contribution < 1.29 is 4.74 Å². The van der Waals surface area contributed by atoms with E-state index in [1.165, 1.54) is 12.8 Å². The van der Waals surface area contributed by atoms with Crippen LogP contribution in [-0.2, 0) is 4.74 Å². The summed E-state index contributed by atoms with van der Waals surface area (Å²) in [5.74, 6) is 0. The lowest BCUT2D eigenvalue weighted by atomic mass is 10.4. The summed E-state index contributed by atoms with van der Waals surface area (Å²) in [7, 11) is 0. The molecule has 0 N–H and O–H groups in total. The maximum absolute atomic E-state index is 5.42. The van der Waals surface area contributed by atoms with Gasteiger partial charge in [0.15, 0.2) is 0 Å². The molecule has 0 bridgehead atoms. The van der Waals surface area contributed by atoms with Crippen molar-refractivity contribution in [2.45, 2.75) is 12.8 Å². The highest BCUT2D eigenvalue weighted by Crippen LogP contribution is 2.32. The fraction of sp³-hybridized carbons (Fsp3) is 0.500. The standard InChI is InChI=1S/C4Cl6.C4H8O/c5-1(3(7)8)2(6)4(9)10;1-2-4-5-3-1/h;1-4H2. The van der Waals surface area contributed by atoms with Gasteiger partial charge in [0.2, 0.25) is 0 Å². The van der Waals surface area contributed by atoms with Crippen LogP contribution in [0.3, 0.4) is 0 Å². The topological polar surface area (TPSA) is 9.23 Å². The first kappa shape index (κ1) is 16.2. The molecule has 1 rings (SSSR count). The van der Waals surface area contributed by atoms with Gasteiger partial charge in [-0.1, -0.05) is 69.6 Å². The maximum atomic E-state index is 5.42. The minimum absolute atomic E-state index is 0.0648. The molecule has 0 aliphatic carbocycles. The molecule has 0 unspecified atom stereocenters. The molecule has 0 saturated carbocycles. The fourth-order valence-electron chi connectivity index (χ4n) is 0.676.